The lowest BCUT2D eigenvalue weighted by molar-refractivity contribution is -0.384. The molecule has 1 aliphatic carbocycles. The molecule has 2 aliphatic heterocycles. The molecule has 0 spiro atoms. The molecule has 0 amide bonds. The third-order valence-corrected chi connectivity index (χ3v) is 7.87. The summed E-state index contributed by atoms with van der Waals surface area (Å²) in [5.41, 5.74) is 2.60. The zero-order chi connectivity index (χ0) is 24.5. The van der Waals surface area contributed by atoms with Crippen molar-refractivity contribution in [3.05, 3.63) is 84.9 Å². The largest absolute Gasteiger partial charge is 0.459 e. The second-order valence-corrected chi connectivity index (χ2v) is 10.1. The number of nitro benzene ring substituents is 1. The lowest BCUT2D eigenvalue weighted by Gasteiger charge is -2.36. The SMILES string of the molecule is CC1=C(C(=O)OC[C@@H]2CCCO2)[C@@H](c2cccc([N+](=O)[O-])c2)C2=C(C[C@H](c3cccs3)CC2=O)N1. The van der Waals surface area contributed by atoms with Crippen LogP contribution in [0.25, 0.3) is 0 Å². The fourth-order valence-electron chi connectivity index (χ4n) is 5.21. The summed E-state index contributed by atoms with van der Waals surface area (Å²) in [7, 11) is 0. The van der Waals surface area contributed by atoms with Gasteiger partial charge in [0.15, 0.2) is 5.78 Å². The normalized spacial score (nSPS) is 24.3. The first-order chi connectivity index (χ1) is 16.9. The van der Waals surface area contributed by atoms with Crippen molar-refractivity contribution in [3.63, 3.8) is 0 Å². The zero-order valence-corrected chi connectivity index (χ0v) is 20.1. The molecular weight excluding hydrogens is 468 g/mol. The van der Waals surface area contributed by atoms with E-state index in [4.69, 9.17) is 9.47 Å². The Morgan fingerprint density at radius 3 is 2.86 bits per heavy atom. The van der Waals surface area contributed by atoms with Crippen LogP contribution in [-0.4, -0.2) is 36.0 Å². The molecule has 9 heteroatoms. The number of thiophene rings is 1. The van der Waals surface area contributed by atoms with E-state index in [0.717, 1.165) is 23.4 Å². The number of allylic oxidation sites excluding steroid dienone is 3. The zero-order valence-electron chi connectivity index (χ0n) is 19.3. The first-order valence-corrected chi connectivity index (χ1v) is 12.6. The van der Waals surface area contributed by atoms with Gasteiger partial charge in [-0.15, -0.1) is 11.3 Å². The van der Waals surface area contributed by atoms with Crippen LogP contribution in [0.1, 0.15) is 54.9 Å². The molecule has 35 heavy (non-hydrogen) atoms. The van der Waals surface area contributed by atoms with E-state index in [1.54, 1.807) is 30.4 Å². The molecule has 8 nitrogen and oxygen atoms in total. The Morgan fingerprint density at radius 1 is 1.29 bits per heavy atom. The van der Waals surface area contributed by atoms with Gasteiger partial charge in [-0.3, -0.25) is 14.9 Å². The lowest BCUT2D eigenvalue weighted by atomic mass is 9.72. The number of benzene rings is 1. The number of ketones is 1. The summed E-state index contributed by atoms with van der Waals surface area (Å²) in [6.45, 7) is 2.57. The topological polar surface area (TPSA) is 108 Å². The number of nitrogens with zero attached hydrogens (tertiary/aromatic N) is 1. The van der Waals surface area contributed by atoms with E-state index in [1.807, 2.05) is 17.5 Å². The average molecular weight is 495 g/mol. The Balaban J connectivity index is 1.53. The highest BCUT2D eigenvalue weighted by atomic mass is 32.1. The standard InChI is InChI=1S/C26H26N2O6S/c1-15-23(26(30)34-14-19-7-3-9-33-19)24(16-5-2-6-18(11-16)28(31)32)25-20(27-15)12-17(13-21(25)29)22-8-4-10-35-22/h2,4-6,8,10-11,17,19,24,27H,3,7,9,12-14H2,1H3/t17-,19-,24+/m0/s1. The van der Waals surface area contributed by atoms with Gasteiger partial charge in [0.25, 0.3) is 5.69 Å². The monoisotopic (exact) mass is 494 g/mol. The first-order valence-electron chi connectivity index (χ1n) is 11.7. The molecular formula is C26H26N2O6S. The Kier molecular flexibility index (Phi) is 6.53. The van der Waals surface area contributed by atoms with Gasteiger partial charge >= 0.3 is 5.97 Å². The third-order valence-electron chi connectivity index (χ3n) is 6.83. The molecule has 3 heterocycles. The van der Waals surface area contributed by atoms with Gasteiger partial charge in [0.1, 0.15) is 6.61 Å². The molecule has 2 aromatic rings. The second kappa shape index (κ2) is 9.75. The van der Waals surface area contributed by atoms with E-state index >= 15 is 0 Å². The predicted molar refractivity (Wildman–Crippen MR) is 130 cm³/mol. The number of non-ortho nitro benzene ring substituents is 1. The summed E-state index contributed by atoms with van der Waals surface area (Å²) in [4.78, 5) is 39.1. The fourth-order valence-corrected chi connectivity index (χ4v) is 6.04. The van der Waals surface area contributed by atoms with Crippen LogP contribution in [-0.2, 0) is 19.1 Å². The van der Waals surface area contributed by atoms with Gasteiger partial charge in [0.2, 0.25) is 0 Å². The van der Waals surface area contributed by atoms with Gasteiger partial charge in [-0.05, 0) is 43.2 Å². The van der Waals surface area contributed by atoms with Crippen molar-refractivity contribution in [2.24, 2.45) is 0 Å². The molecule has 1 fully saturated rings. The molecule has 1 N–H and O–H groups in total. The van der Waals surface area contributed by atoms with Crippen molar-refractivity contribution in [1.82, 2.24) is 5.32 Å². The molecule has 182 valence electrons. The minimum atomic E-state index is -0.736. The van der Waals surface area contributed by atoms with Gasteiger partial charge in [-0.1, -0.05) is 18.2 Å². The molecule has 1 aromatic heterocycles. The number of ether oxygens (including phenoxy) is 2. The number of dihydropyridines is 1. The molecule has 0 saturated carbocycles. The smallest absolute Gasteiger partial charge is 0.336 e. The molecule has 1 saturated heterocycles. The fraction of sp³-hybridized carbons (Fsp3) is 0.385. The van der Waals surface area contributed by atoms with Crippen molar-refractivity contribution < 1.29 is 24.0 Å². The van der Waals surface area contributed by atoms with Crippen molar-refractivity contribution in [1.29, 1.82) is 0 Å². The van der Waals surface area contributed by atoms with Crippen LogP contribution < -0.4 is 5.32 Å². The van der Waals surface area contributed by atoms with Gasteiger partial charge < -0.3 is 14.8 Å². The highest BCUT2D eigenvalue weighted by Gasteiger charge is 2.42. The molecule has 1 aromatic carbocycles. The molecule has 0 bridgehead atoms. The lowest BCUT2D eigenvalue weighted by Crippen LogP contribution is -2.36. The number of rotatable bonds is 6. The minimum absolute atomic E-state index is 0.0559. The highest BCUT2D eigenvalue weighted by Crippen LogP contribution is 2.46. The minimum Gasteiger partial charge on any atom is -0.459 e. The average Bonchev–Trinajstić information content (AvgIpc) is 3.56. The van der Waals surface area contributed by atoms with Crippen LogP contribution in [0.4, 0.5) is 5.69 Å². The number of hydrogen-bond donors (Lipinski definition) is 1. The predicted octanol–water partition coefficient (Wildman–Crippen LogP) is 4.74. The first kappa shape index (κ1) is 23.4. The molecule has 3 atom stereocenters. The van der Waals surface area contributed by atoms with Crippen LogP contribution in [0, 0.1) is 10.1 Å². The van der Waals surface area contributed by atoms with E-state index in [-0.39, 0.29) is 30.1 Å². The molecule has 5 rings (SSSR count). The summed E-state index contributed by atoms with van der Waals surface area (Å²) in [5.74, 6) is -1.28. The van der Waals surface area contributed by atoms with Crippen LogP contribution in [0.3, 0.4) is 0 Å². The number of carbonyl (C=O) groups excluding carboxylic acids is 2. The Bertz CT molecular complexity index is 1230. The van der Waals surface area contributed by atoms with Crippen LogP contribution >= 0.6 is 11.3 Å². The van der Waals surface area contributed by atoms with E-state index in [1.165, 1.54) is 12.1 Å². The van der Waals surface area contributed by atoms with E-state index < -0.39 is 16.8 Å². The number of nitro groups is 1. The van der Waals surface area contributed by atoms with Gasteiger partial charge in [0, 0.05) is 58.8 Å². The Morgan fingerprint density at radius 2 is 2.14 bits per heavy atom. The van der Waals surface area contributed by atoms with Gasteiger partial charge in [-0.25, -0.2) is 4.79 Å². The van der Waals surface area contributed by atoms with Crippen molar-refractivity contribution in [2.75, 3.05) is 13.2 Å². The maximum atomic E-state index is 13.6. The summed E-state index contributed by atoms with van der Waals surface area (Å²) in [6.07, 6.45) is 2.57. The molecule has 0 unspecified atom stereocenters. The van der Waals surface area contributed by atoms with E-state index in [0.29, 0.717) is 41.9 Å². The van der Waals surface area contributed by atoms with Crippen LogP contribution in [0.5, 0.6) is 0 Å². The maximum absolute atomic E-state index is 13.6. The van der Waals surface area contributed by atoms with Gasteiger partial charge in [-0.2, -0.15) is 0 Å². The van der Waals surface area contributed by atoms with Crippen LogP contribution in [0.2, 0.25) is 0 Å². The maximum Gasteiger partial charge on any atom is 0.336 e. The number of carbonyl (C=O) groups is 2. The van der Waals surface area contributed by atoms with Crippen molar-refractivity contribution in [3.8, 4) is 0 Å². The molecule has 0 radical (unpaired) electrons. The summed E-state index contributed by atoms with van der Waals surface area (Å²) < 4.78 is 11.2. The highest BCUT2D eigenvalue weighted by molar-refractivity contribution is 7.10. The molecule has 3 aliphatic rings. The number of Topliss-reactive ketones (excluding diaryl/α,β-unsaturated/α-hetero) is 1. The quantitative estimate of drug-likeness (QED) is 0.351. The summed E-state index contributed by atoms with van der Waals surface area (Å²) >= 11 is 1.62. The second-order valence-electron chi connectivity index (χ2n) is 9.12. The Labute approximate surface area is 206 Å². The van der Waals surface area contributed by atoms with E-state index in [9.17, 15) is 19.7 Å². The summed E-state index contributed by atoms with van der Waals surface area (Å²) in [6, 6.07) is 10.2. The van der Waals surface area contributed by atoms with E-state index in [2.05, 4.69) is 5.32 Å². The summed E-state index contributed by atoms with van der Waals surface area (Å²) in [5, 5.41) is 16.8. The van der Waals surface area contributed by atoms with Gasteiger partial charge in [0.05, 0.1) is 16.6 Å². The number of hydrogen-bond acceptors (Lipinski definition) is 8. The Hall–Kier alpha value is -3.30. The van der Waals surface area contributed by atoms with Crippen molar-refractivity contribution in [2.45, 2.75) is 50.5 Å². The van der Waals surface area contributed by atoms with Crippen LogP contribution in [0.15, 0.2) is 64.3 Å². The third kappa shape index (κ3) is 4.66. The number of nitrogens with one attached hydrogen (secondary N) is 1. The van der Waals surface area contributed by atoms with Crippen molar-refractivity contribution >= 4 is 28.8 Å². The number of esters is 1.